The van der Waals surface area contributed by atoms with Crippen molar-refractivity contribution in [3.63, 3.8) is 0 Å². The first kappa shape index (κ1) is 9.08. The number of ether oxygens (including phenoxy) is 2. The molecule has 1 aromatic rings. The molecule has 0 saturated heterocycles. The van der Waals surface area contributed by atoms with E-state index in [4.69, 9.17) is 9.47 Å². The molecule has 1 atom stereocenters. The molecule has 3 nitrogen and oxygen atoms in total. The van der Waals surface area contributed by atoms with E-state index < -0.39 is 0 Å². The van der Waals surface area contributed by atoms with Crippen LogP contribution in [0.1, 0.15) is 0 Å². The van der Waals surface area contributed by atoms with Gasteiger partial charge in [0, 0.05) is 29.4 Å². The highest BCUT2D eigenvalue weighted by molar-refractivity contribution is 14.1. The van der Waals surface area contributed by atoms with Crippen molar-refractivity contribution >= 4 is 22.9 Å². The van der Waals surface area contributed by atoms with Crippen molar-refractivity contribution < 1.29 is 9.47 Å². The van der Waals surface area contributed by atoms with Crippen LogP contribution in [0.3, 0.4) is 0 Å². The number of fused-ring (bicyclic) bond motifs is 1. The number of halogens is 1. The topological polar surface area (TPSA) is 30.5 Å². The summed E-state index contributed by atoms with van der Waals surface area (Å²) in [5, 5.41) is 0. The zero-order chi connectivity index (χ0) is 9.10. The molecular weight excluding hydrogens is 281 g/mol. The molecule has 13 heavy (non-hydrogen) atoms. The Hall–Kier alpha value is -0.490. The number of rotatable bonds is 2. The Kier molecular flexibility index (Phi) is 2.90. The third-order valence-electron chi connectivity index (χ3n) is 1.87. The van der Waals surface area contributed by atoms with E-state index in [1.165, 1.54) is 0 Å². The molecule has 0 spiro atoms. The fourth-order valence-electron chi connectivity index (χ4n) is 1.25. The van der Waals surface area contributed by atoms with Crippen molar-refractivity contribution in [3.8, 4) is 11.5 Å². The summed E-state index contributed by atoms with van der Waals surface area (Å²) in [4.78, 5) is 0. The Morgan fingerprint density at radius 1 is 1.38 bits per heavy atom. The third-order valence-corrected chi connectivity index (χ3v) is 2.31. The maximum Gasteiger partial charge on any atom is 0.161 e. The van der Waals surface area contributed by atoms with E-state index in [0.717, 1.165) is 18.0 Å². The average molecular weight is 291 g/mol. The molecule has 70 valence electrons. The minimum absolute atomic E-state index is 0.117. The summed E-state index contributed by atoms with van der Waals surface area (Å²) in [5.74, 6) is 1.68. The zero-order valence-electron chi connectivity index (χ0n) is 7.00. The molecule has 0 radical (unpaired) electrons. The molecule has 0 amide bonds. The number of hydrogen-bond acceptors (Lipinski definition) is 3. The number of nitrogens with one attached hydrogen (secondary N) is 1. The van der Waals surface area contributed by atoms with E-state index in [0.29, 0.717) is 6.61 Å². The molecule has 1 heterocycles. The van der Waals surface area contributed by atoms with E-state index in [1.807, 2.05) is 24.3 Å². The van der Waals surface area contributed by atoms with E-state index in [1.54, 1.807) is 0 Å². The van der Waals surface area contributed by atoms with Gasteiger partial charge >= 0.3 is 0 Å². The first-order valence-electron chi connectivity index (χ1n) is 4.12. The molecule has 0 aliphatic carbocycles. The van der Waals surface area contributed by atoms with Gasteiger partial charge in [0.1, 0.15) is 12.7 Å². The van der Waals surface area contributed by atoms with Crippen molar-refractivity contribution in [1.82, 2.24) is 3.53 Å². The van der Waals surface area contributed by atoms with Crippen LogP contribution in [-0.2, 0) is 0 Å². The lowest BCUT2D eigenvalue weighted by atomic mass is 10.2. The van der Waals surface area contributed by atoms with Crippen LogP contribution in [0, 0.1) is 0 Å². The van der Waals surface area contributed by atoms with Crippen molar-refractivity contribution in [2.24, 2.45) is 0 Å². The highest BCUT2D eigenvalue weighted by Crippen LogP contribution is 2.30. The Bertz CT molecular complexity index is 293. The normalized spacial score (nSPS) is 19.9. The summed E-state index contributed by atoms with van der Waals surface area (Å²) in [6.45, 7) is 1.42. The summed E-state index contributed by atoms with van der Waals surface area (Å²) in [5.41, 5.74) is 0. The second-order valence-electron chi connectivity index (χ2n) is 2.84. The third kappa shape index (κ3) is 2.05. The molecule has 1 aromatic carbocycles. The van der Waals surface area contributed by atoms with Gasteiger partial charge < -0.3 is 9.47 Å². The molecule has 0 saturated carbocycles. The van der Waals surface area contributed by atoms with Gasteiger partial charge in [-0.15, -0.1) is 0 Å². The standard InChI is InChI=1S/C9H10INO2/c10-11-5-7-6-12-8-3-1-2-4-9(8)13-7/h1-4,7,11H,5-6H2. The van der Waals surface area contributed by atoms with Crippen LogP contribution in [0.5, 0.6) is 11.5 Å². The largest absolute Gasteiger partial charge is 0.486 e. The molecule has 0 bridgehead atoms. The Morgan fingerprint density at radius 3 is 2.92 bits per heavy atom. The predicted octanol–water partition coefficient (Wildman–Crippen LogP) is 1.77. The first-order chi connectivity index (χ1) is 6.40. The fraction of sp³-hybridized carbons (Fsp3) is 0.333. The minimum atomic E-state index is 0.117. The van der Waals surface area contributed by atoms with Crippen LogP contribution in [-0.4, -0.2) is 19.3 Å². The van der Waals surface area contributed by atoms with Gasteiger partial charge in [0.25, 0.3) is 0 Å². The molecule has 1 N–H and O–H groups in total. The Labute approximate surface area is 90.9 Å². The van der Waals surface area contributed by atoms with Crippen LogP contribution >= 0.6 is 22.9 Å². The molecular formula is C9H10INO2. The second kappa shape index (κ2) is 4.15. The van der Waals surface area contributed by atoms with Crippen LogP contribution < -0.4 is 13.0 Å². The van der Waals surface area contributed by atoms with Crippen molar-refractivity contribution in [1.29, 1.82) is 0 Å². The Morgan fingerprint density at radius 2 is 2.15 bits per heavy atom. The molecule has 4 heteroatoms. The lowest BCUT2D eigenvalue weighted by Gasteiger charge is -2.25. The predicted molar refractivity (Wildman–Crippen MR) is 58.4 cm³/mol. The quantitative estimate of drug-likeness (QED) is 0.665. The van der Waals surface area contributed by atoms with Gasteiger partial charge in [0.05, 0.1) is 0 Å². The van der Waals surface area contributed by atoms with Gasteiger partial charge in [-0.1, -0.05) is 12.1 Å². The first-order valence-corrected chi connectivity index (χ1v) is 5.20. The van der Waals surface area contributed by atoms with Gasteiger partial charge in [0.2, 0.25) is 0 Å². The van der Waals surface area contributed by atoms with E-state index >= 15 is 0 Å². The molecule has 0 fully saturated rings. The lowest BCUT2D eigenvalue weighted by Crippen LogP contribution is -2.35. The summed E-state index contributed by atoms with van der Waals surface area (Å²) in [6.07, 6.45) is 0.117. The molecule has 1 aliphatic heterocycles. The average Bonchev–Trinajstić information content (AvgIpc) is 2.18. The second-order valence-corrected chi connectivity index (χ2v) is 3.60. The number of para-hydroxylation sites is 2. The zero-order valence-corrected chi connectivity index (χ0v) is 9.15. The van der Waals surface area contributed by atoms with Gasteiger partial charge in [-0.3, -0.25) is 3.53 Å². The van der Waals surface area contributed by atoms with Crippen LogP contribution in [0.15, 0.2) is 24.3 Å². The van der Waals surface area contributed by atoms with Gasteiger partial charge in [-0.2, -0.15) is 0 Å². The minimum Gasteiger partial charge on any atom is -0.486 e. The summed E-state index contributed by atoms with van der Waals surface area (Å²) >= 11 is 2.10. The maximum absolute atomic E-state index is 5.68. The summed E-state index contributed by atoms with van der Waals surface area (Å²) in [7, 11) is 0. The monoisotopic (exact) mass is 291 g/mol. The summed E-state index contributed by atoms with van der Waals surface area (Å²) in [6, 6.07) is 7.73. The smallest absolute Gasteiger partial charge is 0.161 e. The highest BCUT2D eigenvalue weighted by Gasteiger charge is 2.19. The maximum atomic E-state index is 5.68. The van der Waals surface area contributed by atoms with Crippen molar-refractivity contribution in [2.45, 2.75) is 6.10 Å². The van der Waals surface area contributed by atoms with Gasteiger partial charge in [-0.05, 0) is 12.1 Å². The van der Waals surface area contributed by atoms with Gasteiger partial charge in [-0.25, -0.2) is 0 Å². The van der Waals surface area contributed by atoms with Gasteiger partial charge in [0.15, 0.2) is 11.5 Å². The molecule has 2 rings (SSSR count). The number of benzene rings is 1. The summed E-state index contributed by atoms with van der Waals surface area (Å²) < 4.78 is 14.2. The molecule has 1 unspecified atom stereocenters. The van der Waals surface area contributed by atoms with Crippen LogP contribution in [0.2, 0.25) is 0 Å². The van der Waals surface area contributed by atoms with E-state index in [9.17, 15) is 0 Å². The van der Waals surface area contributed by atoms with Crippen molar-refractivity contribution in [2.75, 3.05) is 13.2 Å². The van der Waals surface area contributed by atoms with E-state index in [-0.39, 0.29) is 6.10 Å². The molecule has 0 aromatic heterocycles. The van der Waals surface area contributed by atoms with E-state index in [2.05, 4.69) is 26.4 Å². The Balaban J connectivity index is 2.11. The highest BCUT2D eigenvalue weighted by atomic mass is 127. The van der Waals surface area contributed by atoms with Crippen LogP contribution in [0.4, 0.5) is 0 Å². The SMILES string of the molecule is INCC1COc2ccccc2O1. The van der Waals surface area contributed by atoms with Crippen LogP contribution in [0.25, 0.3) is 0 Å². The number of hydrogen-bond donors (Lipinski definition) is 1. The molecule has 1 aliphatic rings. The van der Waals surface area contributed by atoms with Crippen molar-refractivity contribution in [3.05, 3.63) is 24.3 Å². The fourth-order valence-corrected chi connectivity index (χ4v) is 1.74. The lowest BCUT2D eigenvalue weighted by molar-refractivity contribution is 0.0955.